The minimum absolute atomic E-state index is 0.0844. The molecule has 5 nitrogen and oxygen atoms in total. The summed E-state index contributed by atoms with van der Waals surface area (Å²) in [5, 5.41) is 3.30. The first kappa shape index (κ1) is 17.2. The number of carbonyl (C=O) groups excluding carboxylic acids is 1. The van der Waals surface area contributed by atoms with Gasteiger partial charge in [-0.15, -0.1) is 0 Å². The van der Waals surface area contributed by atoms with Gasteiger partial charge in [0.15, 0.2) is 5.78 Å². The molecule has 0 saturated carbocycles. The van der Waals surface area contributed by atoms with Gasteiger partial charge < -0.3 is 5.32 Å². The lowest BCUT2D eigenvalue weighted by molar-refractivity contribution is 0.101. The van der Waals surface area contributed by atoms with Gasteiger partial charge in [0.2, 0.25) is 0 Å². The lowest BCUT2D eigenvalue weighted by atomic mass is 10.1. The molecule has 1 atom stereocenters. The van der Waals surface area contributed by atoms with E-state index < -0.39 is 11.3 Å². The molecule has 3 N–H and O–H groups in total. The molecule has 23 heavy (non-hydrogen) atoms. The SMILES string of the molecule is CC(=O)c1ccc(CCCNc2ccc(NS(=O)O)cc2)cc1. The average Bonchev–Trinajstić information content (AvgIpc) is 2.53. The molecule has 0 spiro atoms. The first-order chi connectivity index (χ1) is 11.0. The second kappa shape index (κ2) is 8.45. The zero-order valence-electron chi connectivity index (χ0n) is 12.9. The Morgan fingerprint density at radius 3 is 2.22 bits per heavy atom. The number of hydrogen-bond acceptors (Lipinski definition) is 3. The summed E-state index contributed by atoms with van der Waals surface area (Å²) >= 11 is -2.05. The van der Waals surface area contributed by atoms with E-state index in [9.17, 15) is 9.00 Å². The van der Waals surface area contributed by atoms with Crippen molar-refractivity contribution in [2.24, 2.45) is 0 Å². The van der Waals surface area contributed by atoms with Crippen molar-refractivity contribution in [3.05, 3.63) is 59.7 Å². The maximum atomic E-state index is 11.2. The van der Waals surface area contributed by atoms with E-state index in [-0.39, 0.29) is 5.78 Å². The maximum Gasteiger partial charge on any atom is 0.259 e. The monoisotopic (exact) mass is 332 g/mol. The molecule has 0 aliphatic heterocycles. The highest BCUT2D eigenvalue weighted by Crippen LogP contribution is 2.14. The van der Waals surface area contributed by atoms with E-state index in [1.54, 1.807) is 19.1 Å². The highest BCUT2D eigenvalue weighted by atomic mass is 32.2. The molecular formula is C17H20N2O3S. The van der Waals surface area contributed by atoms with Crippen molar-refractivity contribution in [3.8, 4) is 0 Å². The Labute approximate surface area is 138 Å². The molecule has 2 aromatic rings. The molecule has 0 heterocycles. The Hall–Kier alpha value is -2.18. The standard InChI is InChI=1S/C17H20N2O3S/c1-13(20)15-6-4-14(5-7-15)3-2-12-18-16-8-10-17(11-9-16)19-23(21)22/h4-11,18-19H,2-3,12H2,1H3,(H,21,22). The van der Waals surface area contributed by atoms with Crippen molar-refractivity contribution in [2.45, 2.75) is 19.8 Å². The molecule has 0 saturated heterocycles. The van der Waals surface area contributed by atoms with Crippen LogP contribution in [0, 0.1) is 0 Å². The van der Waals surface area contributed by atoms with Gasteiger partial charge in [-0.2, -0.15) is 0 Å². The number of rotatable bonds is 8. The lowest BCUT2D eigenvalue weighted by Gasteiger charge is -2.08. The van der Waals surface area contributed by atoms with Crippen LogP contribution in [0.1, 0.15) is 29.3 Å². The molecule has 0 aliphatic rings. The van der Waals surface area contributed by atoms with Crippen LogP contribution in [0.2, 0.25) is 0 Å². The van der Waals surface area contributed by atoms with Gasteiger partial charge in [0.25, 0.3) is 11.3 Å². The Bertz CT molecular complexity index is 669. The predicted molar refractivity (Wildman–Crippen MR) is 94.1 cm³/mol. The molecule has 1 unspecified atom stereocenters. The van der Waals surface area contributed by atoms with Crippen LogP contribution in [0.25, 0.3) is 0 Å². The van der Waals surface area contributed by atoms with E-state index in [1.165, 1.54) is 5.56 Å². The first-order valence-electron chi connectivity index (χ1n) is 7.36. The smallest absolute Gasteiger partial charge is 0.259 e. The van der Waals surface area contributed by atoms with Crippen LogP contribution >= 0.6 is 0 Å². The molecule has 0 bridgehead atoms. The van der Waals surface area contributed by atoms with E-state index in [4.69, 9.17) is 4.55 Å². The third-order valence-electron chi connectivity index (χ3n) is 3.42. The average molecular weight is 332 g/mol. The summed E-state index contributed by atoms with van der Waals surface area (Å²) in [6, 6.07) is 14.9. The molecule has 6 heteroatoms. The molecule has 122 valence electrons. The van der Waals surface area contributed by atoms with Crippen LogP contribution in [-0.2, 0) is 17.7 Å². The van der Waals surface area contributed by atoms with Gasteiger partial charge in [0.1, 0.15) is 0 Å². The fourth-order valence-electron chi connectivity index (χ4n) is 2.19. The lowest BCUT2D eigenvalue weighted by Crippen LogP contribution is -2.04. The normalized spacial score (nSPS) is 11.7. The van der Waals surface area contributed by atoms with Crippen molar-refractivity contribution in [2.75, 3.05) is 16.6 Å². The largest absolute Gasteiger partial charge is 0.385 e. The molecule has 0 aliphatic carbocycles. The van der Waals surface area contributed by atoms with Gasteiger partial charge in [-0.05, 0) is 49.6 Å². The van der Waals surface area contributed by atoms with E-state index in [1.807, 2.05) is 36.4 Å². The Morgan fingerprint density at radius 1 is 1.04 bits per heavy atom. The van der Waals surface area contributed by atoms with Crippen LogP contribution in [0.15, 0.2) is 48.5 Å². The highest BCUT2D eigenvalue weighted by Gasteiger charge is 2.00. The van der Waals surface area contributed by atoms with Gasteiger partial charge in [-0.3, -0.25) is 14.1 Å². The van der Waals surface area contributed by atoms with E-state index in [2.05, 4.69) is 10.0 Å². The van der Waals surface area contributed by atoms with Crippen LogP contribution in [-0.4, -0.2) is 21.1 Å². The van der Waals surface area contributed by atoms with Gasteiger partial charge in [0.05, 0.1) is 0 Å². The topological polar surface area (TPSA) is 78.4 Å². The number of carbonyl (C=O) groups is 1. The third-order valence-corrected chi connectivity index (χ3v) is 3.83. The minimum atomic E-state index is -2.05. The van der Waals surface area contributed by atoms with Crippen molar-refractivity contribution in [1.82, 2.24) is 0 Å². The highest BCUT2D eigenvalue weighted by molar-refractivity contribution is 7.80. The summed E-state index contributed by atoms with van der Waals surface area (Å²) < 4.78 is 21.8. The maximum absolute atomic E-state index is 11.2. The molecule has 2 aromatic carbocycles. The van der Waals surface area contributed by atoms with Crippen LogP contribution in [0.4, 0.5) is 11.4 Å². The van der Waals surface area contributed by atoms with Crippen molar-refractivity contribution in [1.29, 1.82) is 0 Å². The number of anilines is 2. The van der Waals surface area contributed by atoms with Crippen LogP contribution in [0.5, 0.6) is 0 Å². The van der Waals surface area contributed by atoms with Crippen LogP contribution < -0.4 is 10.0 Å². The van der Waals surface area contributed by atoms with Crippen molar-refractivity contribution >= 4 is 28.4 Å². The minimum Gasteiger partial charge on any atom is -0.385 e. The summed E-state index contributed by atoms with van der Waals surface area (Å²) in [7, 11) is 0. The van der Waals surface area contributed by atoms with Gasteiger partial charge >= 0.3 is 0 Å². The Morgan fingerprint density at radius 2 is 1.65 bits per heavy atom. The van der Waals surface area contributed by atoms with E-state index in [0.29, 0.717) is 5.69 Å². The molecular weight excluding hydrogens is 312 g/mol. The zero-order valence-corrected chi connectivity index (χ0v) is 13.7. The molecule has 2 rings (SSSR count). The summed E-state index contributed by atoms with van der Waals surface area (Å²) in [6.07, 6.45) is 1.91. The number of benzene rings is 2. The van der Waals surface area contributed by atoms with E-state index >= 15 is 0 Å². The number of nitrogens with one attached hydrogen (secondary N) is 2. The van der Waals surface area contributed by atoms with Gasteiger partial charge in [0, 0.05) is 23.5 Å². The van der Waals surface area contributed by atoms with Gasteiger partial charge in [-0.25, -0.2) is 4.21 Å². The number of Topliss-reactive ketones (excluding diaryl/α,β-unsaturated/α-hetero) is 1. The first-order valence-corrected chi connectivity index (χ1v) is 8.46. The molecule has 0 radical (unpaired) electrons. The molecule has 0 fully saturated rings. The third kappa shape index (κ3) is 5.84. The fourth-order valence-corrected chi connectivity index (χ4v) is 2.53. The second-order valence-corrected chi connectivity index (χ2v) is 5.91. The fraction of sp³-hybridized carbons (Fsp3) is 0.235. The Kier molecular flexibility index (Phi) is 6.31. The van der Waals surface area contributed by atoms with Gasteiger partial charge in [-0.1, -0.05) is 24.3 Å². The zero-order chi connectivity index (χ0) is 16.7. The summed E-state index contributed by atoms with van der Waals surface area (Å²) in [6.45, 7) is 2.39. The molecule has 0 aromatic heterocycles. The summed E-state index contributed by atoms with van der Waals surface area (Å²) in [5.41, 5.74) is 3.51. The predicted octanol–water partition coefficient (Wildman–Crippen LogP) is 3.48. The summed E-state index contributed by atoms with van der Waals surface area (Å²) in [5.74, 6) is 0.0844. The Balaban J connectivity index is 1.74. The number of hydrogen-bond donors (Lipinski definition) is 3. The molecule has 0 amide bonds. The quantitative estimate of drug-likeness (QED) is 0.393. The second-order valence-electron chi connectivity index (χ2n) is 5.21. The summed E-state index contributed by atoms with van der Waals surface area (Å²) in [4.78, 5) is 11.2. The van der Waals surface area contributed by atoms with Crippen molar-refractivity contribution in [3.63, 3.8) is 0 Å². The number of ketones is 1. The van der Waals surface area contributed by atoms with Crippen molar-refractivity contribution < 1.29 is 13.6 Å². The van der Waals surface area contributed by atoms with E-state index in [0.717, 1.165) is 30.6 Å². The number of aryl methyl sites for hydroxylation is 1. The van der Waals surface area contributed by atoms with Crippen LogP contribution in [0.3, 0.4) is 0 Å².